The Labute approximate surface area is 128 Å². The van der Waals surface area contributed by atoms with Gasteiger partial charge in [0, 0.05) is 10.9 Å². The lowest BCUT2D eigenvalue weighted by atomic mass is 10.2. The third kappa shape index (κ3) is 5.30. The van der Waals surface area contributed by atoms with Crippen LogP contribution in [0.4, 0.5) is 4.79 Å². The molecule has 0 aromatic heterocycles. The van der Waals surface area contributed by atoms with Crippen LogP contribution in [0.2, 0.25) is 0 Å². The molecule has 2 rings (SSSR count). The van der Waals surface area contributed by atoms with E-state index in [-0.39, 0.29) is 17.7 Å². The van der Waals surface area contributed by atoms with Crippen LogP contribution in [0.3, 0.4) is 0 Å². The van der Waals surface area contributed by atoms with Gasteiger partial charge in [-0.1, -0.05) is 18.9 Å². The summed E-state index contributed by atoms with van der Waals surface area (Å²) in [6.07, 6.45) is 4.29. The zero-order chi connectivity index (χ0) is 15.1. The number of thioether (sulfide) groups is 1. The molecule has 21 heavy (non-hydrogen) atoms. The number of hydrogen-bond donors (Lipinski definition) is 2. The van der Waals surface area contributed by atoms with Gasteiger partial charge in [0.05, 0.1) is 12.9 Å². The van der Waals surface area contributed by atoms with Crippen molar-refractivity contribution < 1.29 is 14.3 Å². The fraction of sp³-hybridized carbons (Fsp3) is 0.467. The van der Waals surface area contributed by atoms with E-state index < -0.39 is 6.03 Å². The number of rotatable bonds is 5. The van der Waals surface area contributed by atoms with Gasteiger partial charge < -0.3 is 10.1 Å². The van der Waals surface area contributed by atoms with Crippen LogP contribution >= 0.6 is 11.8 Å². The van der Waals surface area contributed by atoms with Gasteiger partial charge in [0.2, 0.25) is 5.91 Å². The van der Waals surface area contributed by atoms with Crippen LogP contribution < -0.4 is 15.4 Å². The van der Waals surface area contributed by atoms with Crippen LogP contribution in [0, 0.1) is 0 Å². The molecule has 0 bridgehead atoms. The van der Waals surface area contributed by atoms with Crippen molar-refractivity contribution in [3.63, 3.8) is 0 Å². The molecule has 5 nitrogen and oxygen atoms in total. The lowest BCUT2D eigenvalue weighted by molar-refractivity contribution is -0.117. The average molecular weight is 308 g/mol. The SMILES string of the molecule is COc1cccc(SCC(=O)NC(=O)NC2CCCC2)c1. The van der Waals surface area contributed by atoms with Gasteiger partial charge in [0.15, 0.2) is 0 Å². The molecule has 0 saturated heterocycles. The maximum Gasteiger partial charge on any atom is 0.321 e. The Morgan fingerprint density at radius 1 is 1.33 bits per heavy atom. The largest absolute Gasteiger partial charge is 0.497 e. The predicted molar refractivity (Wildman–Crippen MR) is 82.6 cm³/mol. The molecule has 1 aliphatic carbocycles. The van der Waals surface area contributed by atoms with E-state index in [9.17, 15) is 9.59 Å². The molecule has 0 spiro atoms. The van der Waals surface area contributed by atoms with Gasteiger partial charge in [-0.25, -0.2) is 4.79 Å². The van der Waals surface area contributed by atoms with Gasteiger partial charge in [-0.15, -0.1) is 11.8 Å². The highest BCUT2D eigenvalue weighted by Crippen LogP contribution is 2.22. The zero-order valence-electron chi connectivity index (χ0n) is 12.1. The molecular formula is C15H20N2O3S. The summed E-state index contributed by atoms with van der Waals surface area (Å²) in [7, 11) is 1.60. The first-order valence-electron chi connectivity index (χ1n) is 7.04. The summed E-state index contributed by atoms with van der Waals surface area (Å²) < 4.78 is 5.12. The number of carbonyl (C=O) groups is 2. The molecular weight excluding hydrogens is 288 g/mol. The highest BCUT2D eigenvalue weighted by molar-refractivity contribution is 8.00. The van der Waals surface area contributed by atoms with Crippen molar-refractivity contribution in [2.45, 2.75) is 36.6 Å². The van der Waals surface area contributed by atoms with Crippen molar-refractivity contribution in [2.24, 2.45) is 0 Å². The van der Waals surface area contributed by atoms with Gasteiger partial charge in [0.25, 0.3) is 0 Å². The molecule has 3 amide bonds. The van der Waals surface area contributed by atoms with Crippen molar-refractivity contribution in [1.82, 2.24) is 10.6 Å². The minimum atomic E-state index is -0.391. The smallest absolute Gasteiger partial charge is 0.321 e. The highest BCUT2D eigenvalue weighted by Gasteiger charge is 2.18. The quantitative estimate of drug-likeness (QED) is 0.820. The number of imide groups is 1. The van der Waals surface area contributed by atoms with E-state index >= 15 is 0 Å². The van der Waals surface area contributed by atoms with E-state index in [1.54, 1.807) is 7.11 Å². The van der Waals surface area contributed by atoms with Gasteiger partial charge >= 0.3 is 6.03 Å². The normalized spacial score (nSPS) is 14.7. The monoisotopic (exact) mass is 308 g/mol. The summed E-state index contributed by atoms with van der Waals surface area (Å²) in [6.45, 7) is 0. The number of methoxy groups -OCH3 is 1. The number of ether oxygens (including phenoxy) is 1. The molecule has 0 radical (unpaired) electrons. The summed E-state index contributed by atoms with van der Waals surface area (Å²) in [5, 5.41) is 5.19. The minimum absolute atomic E-state index is 0.200. The van der Waals surface area contributed by atoms with Crippen molar-refractivity contribution >= 4 is 23.7 Å². The first-order chi connectivity index (χ1) is 10.2. The van der Waals surface area contributed by atoms with Crippen LogP contribution in [0.5, 0.6) is 5.75 Å². The molecule has 0 heterocycles. The second-order valence-corrected chi connectivity index (χ2v) is 6.02. The predicted octanol–water partition coefficient (Wildman–Crippen LogP) is 2.56. The topological polar surface area (TPSA) is 67.4 Å². The van der Waals surface area contributed by atoms with Crippen molar-refractivity contribution in [3.05, 3.63) is 24.3 Å². The summed E-state index contributed by atoms with van der Waals surface area (Å²) in [4.78, 5) is 24.3. The Hall–Kier alpha value is -1.69. The molecule has 1 aromatic rings. The molecule has 1 aromatic carbocycles. The molecule has 0 aliphatic heterocycles. The third-order valence-electron chi connectivity index (χ3n) is 3.35. The van der Waals surface area contributed by atoms with Crippen LogP contribution in [-0.4, -0.2) is 30.8 Å². The molecule has 1 fully saturated rings. The highest BCUT2D eigenvalue weighted by atomic mass is 32.2. The van der Waals surface area contributed by atoms with Gasteiger partial charge in [0.1, 0.15) is 5.75 Å². The van der Waals surface area contributed by atoms with E-state index in [2.05, 4.69) is 10.6 Å². The van der Waals surface area contributed by atoms with E-state index in [4.69, 9.17) is 4.74 Å². The van der Waals surface area contributed by atoms with Crippen LogP contribution in [0.25, 0.3) is 0 Å². The van der Waals surface area contributed by atoms with Gasteiger partial charge in [-0.05, 0) is 31.0 Å². The van der Waals surface area contributed by atoms with E-state index in [1.165, 1.54) is 11.8 Å². The molecule has 1 aliphatic rings. The number of benzene rings is 1. The number of amides is 3. The third-order valence-corrected chi connectivity index (χ3v) is 4.35. The average Bonchev–Trinajstić information content (AvgIpc) is 2.98. The molecule has 6 heteroatoms. The lowest BCUT2D eigenvalue weighted by Crippen LogP contribution is -2.44. The Morgan fingerprint density at radius 3 is 2.81 bits per heavy atom. The lowest BCUT2D eigenvalue weighted by Gasteiger charge is -2.12. The maximum absolute atomic E-state index is 11.7. The second kappa shape index (κ2) is 7.93. The zero-order valence-corrected chi connectivity index (χ0v) is 12.9. The molecule has 114 valence electrons. The number of hydrogen-bond acceptors (Lipinski definition) is 4. The van der Waals surface area contributed by atoms with E-state index in [0.717, 1.165) is 36.3 Å². The molecule has 0 atom stereocenters. The summed E-state index contributed by atoms with van der Waals surface area (Å²) >= 11 is 1.37. The molecule has 0 unspecified atom stereocenters. The fourth-order valence-corrected chi connectivity index (χ4v) is 3.04. The fourth-order valence-electron chi connectivity index (χ4n) is 2.29. The summed E-state index contributed by atoms with van der Waals surface area (Å²) in [5.74, 6) is 0.656. The summed E-state index contributed by atoms with van der Waals surface area (Å²) in [6, 6.07) is 7.29. The number of nitrogens with one attached hydrogen (secondary N) is 2. The Morgan fingerprint density at radius 2 is 2.10 bits per heavy atom. The van der Waals surface area contributed by atoms with E-state index in [0.29, 0.717) is 0 Å². The Balaban J connectivity index is 1.72. The van der Waals surface area contributed by atoms with Crippen molar-refractivity contribution in [1.29, 1.82) is 0 Å². The van der Waals surface area contributed by atoms with Gasteiger partial charge in [-0.2, -0.15) is 0 Å². The van der Waals surface area contributed by atoms with Crippen molar-refractivity contribution in [3.8, 4) is 5.75 Å². The van der Waals surface area contributed by atoms with Crippen LogP contribution in [-0.2, 0) is 4.79 Å². The Kier molecular flexibility index (Phi) is 5.92. The summed E-state index contributed by atoms with van der Waals surface area (Å²) in [5.41, 5.74) is 0. The van der Waals surface area contributed by atoms with Crippen LogP contribution in [0.1, 0.15) is 25.7 Å². The van der Waals surface area contributed by atoms with Crippen LogP contribution in [0.15, 0.2) is 29.2 Å². The first kappa shape index (κ1) is 15.7. The van der Waals surface area contributed by atoms with Gasteiger partial charge in [-0.3, -0.25) is 10.1 Å². The molecule has 2 N–H and O–H groups in total. The number of carbonyl (C=O) groups excluding carboxylic acids is 2. The Bertz CT molecular complexity index is 501. The molecule has 1 saturated carbocycles. The number of urea groups is 1. The first-order valence-corrected chi connectivity index (χ1v) is 8.03. The standard InChI is InChI=1S/C15H20N2O3S/c1-20-12-7-4-8-13(9-12)21-10-14(18)17-15(19)16-11-5-2-3-6-11/h4,7-9,11H,2-3,5-6,10H2,1H3,(H2,16,17,18,19). The maximum atomic E-state index is 11.7. The minimum Gasteiger partial charge on any atom is -0.497 e. The second-order valence-electron chi connectivity index (χ2n) is 4.97. The van der Waals surface area contributed by atoms with E-state index in [1.807, 2.05) is 24.3 Å². The van der Waals surface area contributed by atoms with Crippen molar-refractivity contribution in [2.75, 3.05) is 12.9 Å².